The second kappa shape index (κ2) is 12.3. The molecule has 2 aromatic carbocycles. The van der Waals surface area contributed by atoms with Crippen LogP contribution in [-0.2, 0) is 22.6 Å². The third-order valence-electron chi connectivity index (χ3n) is 4.96. The highest BCUT2D eigenvalue weighted by molar-refractivity contribution is 5.91. The van der Waals surface area contributed by atoms with Crippen LogP contribution in [-0.4, -0.2) is 36.5 Å². The number of benzene rings is 2. The molecule has 0 saturated heterocycles. The van der Waals surface area contributed by atoms with E-state index in [-0.39, 0.29) is 12.5 Å². The Kier molecular flexibility index (Phi) is 9.73. The molecule has 0 radical (unpaired) electrons. The van der Waals surface area contributed by atoms with Crippen molar-refractivity contribution in [3.05, 3.63) is 65.7 Å². The molecule has 0 aliphatic carbocycles. The van der Waals surface area contributed by atoms with Gasteiger partial charge in [0, 0.05) is 18.3 Å². The van der Waals surface area contributed by atoms with Crippen LogP contribution >= 0.6 is 0 Å². The lowest BCUT2D eigenvalue weighted by Crippen LogP contribution is -2.35. The number of hydrogen-bond acceptors (Lipinski definition) is 3. The SMILES string of the molecule is CCCN(CCc1cccc(COCC(=O)Nc2ccccc2)c1)C(C)CC. The van der Waals surface area contributed by atoms with E-state index in [2.05, 4.69) is 55.3 Å². The van der Waals surface area contributed by atoms with Crippen molar-refractivity contribution in [1.82, 2.24) is 4.90 Å². The summed E-state index contributed by atoms with van der Waals surface area (Å²) in [6.07, 6.45) is 3.40. The molecular formula is C24H34N2O2. The van der Waals surface area contributed by atoms with Crippen molar-refractivity contribution in [2.75, 3.05) is 25.0 Å². The minimum Gasteiger partial charge on any atom is -0.367 e. The van der Waals surface area contributed by atoms with Gasteiger partial charge in [0.1, 0.15) is 6.61 Å². The first kappa shape index (κ1) is 22.1. The molecule has 1 unspecified atom stereocenters. The van der Waals surface area contributed by atoms with Gasteiger partial charge in [-0.15, -0.1) is 0 Å². The Bertz CT molecular complexity index is 703. The van der Waals surface area contributed by atoms with E-state index in [9.17, 15) is 4.79 Å². The van der Waals surface area contributed by atoms with Crippen molar-refractivity contribution in [1.29, 1.82) is 0 Å². The molecule has 0 saturated carbocycles. The van der Waals surface area contributed by atoms with E-state index in [0.29, 0.717) is 12.6 Å². The zero-order valence-electron chi connectivity index (χ0n) is 17.5. The van der Waals surface area contributed by atoms with Crippen LogP contribution in [0.15, 0.2) is 54.6 Å². The van der Waals surface area contributed by atoms with Crippen LogP contribution in [0.3, 0.4) is 0 Å². The number of carbonyl (C=O) groups is 1. The smallest absolute Gasteiger partial charge is 0.250 e. The van der Waals surface area contributed by atoms with E-state index >= 15 is 0 Å². The molecular weight excluding hydrogens is 348 g/mol. The van der Waals surface area contributed by atoms with E-state index in [0.717, 1.165) is 30.8 Å². The Morgan fingerprint density at radius 3 is 2.50 bits per heavy atom. The molecule has 1 N–H and O–H groups in total. The number of ether oxygens (including phenoxy) is 1. The molecule has 0 aliphatic heterocycles. The van der Waals surface area contributed by atoms with Gasteiger partial charge in [0.25, 0.3) is 0 Å². The molecule has 1 atom stereocenters. The van der Waals surface area contributed by atoms with E-state index in [1.807, 2.05) is 30.3 Å². The molecule has 0 bridgehead atoms. The summed E-state index contributed by atoms with van der Waals surface area (Å²) in [7, 11) is 0. The van der Waals surface area contributed by atoms with E-state index < -0.39 is 0 Å². The second-order valence-corrected chi connectivity index (χ2v) is 7.27. The molecule has 4 heteroatoms. The molecule has 152 valence electrons. The van der Waals surface area contributed by atoms with Crippen molar-refractivity contribution in [3.63, 3.8) is 0 Å². The molecule has 0 spiro atoms. The Morgan fingerprint density at radius 1 is 1.04 bits per heavy atom. The maximum Gasteiger partial charge on any atom is 0.250 e. The first-order chi connectivity index (χ1) is 13.6. The number of anilines is 1. The lowest BCUT2D eigenvalue weighted by atomic mass is 10.1. The highest BCUT2D eigenvalue weighted by Gasteiger charge is 2.11. The number of rotatable bonds is 12. The zero-order valence-corrected chi connectivity index (χ0v) is 17.5. The Balaban J connectivity index is 1.78. The highest BCUT2D eigenvalue weighted by Crippen LogP contribution is 2.11. The lowest BCUT2D eigenvalue weighted by molar-refractivity contribution is -0.121. The number of hydrogen-bond donors (Lipinski definition) is 1. The van der Waals surface area contributed by atoms with Gasteiger partial charge in [-0.1, -0.05) is 56.3 Å². The fraction of sp³-hybridized carbons (Fsp3) is 0.458. The maximum absolute atomic E-state index is 12.0. The molecule has 0 fully saturated rings. The summed E-state index contributed by atoms with van der Waals surface area (Å²) < 4.78 is 5.61. The van der Waals surface area contributed by atoms with Gasteiger partial charge in [0.15, 0.2) is 0 Å². The number of carbonyl (C=O) groups excluding carboxylic acids is 1. The van der Waals surface area contributed by atoms with Crippen molar-refractivity contribution in [2.24, 2.45) is 0 Å². The van der Waals surface area contributed by atoms with Crippen LogP contribution in [0.5, 0.6) is 0 Å². The summed E-state index contributed by atoms with van der Waals surface area (Å²) in [5.74, 6) is -0.133. The number of para-hydroxylation sites is 1. The van der Waals surface area contributed by atoms with E-state index in [4.69, 9.17) is 4.74 Å². The van der Waals surface area contributed by atoms with E-state index in [1.54, 1.807) is 0 Å². The van der Waals surface area contributed by atoms with Crippen LogP contribution < -0.4 is 5.32 Å². The summed E-state index contributed by atoms with van der Waals surface area (Å²) in [6.45, 7) is 9.51. The summed E-state index contributed by atoms with van der Waals surface area (Å²) in [6, 6.07) is 18.5. The molecule has 0 aromatic heterocycles. The zero-order chi connectivity index (χ0) is 20.2. The number of amides is 1. The monoisotopic (exact) mass is 382 g/mol. The fourth-order valence-corrected chi connectivity index (χ4v) is 3.23. The van der Waals surface area contributed by atoms with Gasteiger partial charge in [-0.3, -0.25) is 4.79 Å². The minimum absolute atomic E-state index is 0.0530. The number of nitrogens with one attached hydrogen (secondary N) is 1. The first-order valence-corrected chi connectivity index (χ1v) is 10.4. The van der Waals surface area contributed by atoms with Gasteiger partial charge in [-0.05, 0) is 56.0 Å². The average molecular weight is 383 g/mol. The molecule has 2 aromatic rings. The van der Waals surface area contributed by atoms with Crippen molar-refractivity contribution in [2.45, 2.75) is 52.7 Å². The second-order valence-electron chi connectivity index (χ2n) is 7.27. The number of nitrogens with zero attached hydrogens (tertiary/aromatic N) is 1. The van der Waals surface area contributed by atoms with Crippen molar-refractivity contribution >= 4 is 11.6 Å². The Morgan fingerprint density at radius 2 is 1.79 bits per heavy atom. The summed E-state index contributed by atoms with van der Waals surface area (Å²) in [5.41, 5.74) is 3.21. The topological polar surface area (TPSA) is 41.6 Å². The highest BCUT2D eigenvalue weighted by atomic mass is 16.5. The Labute approximate surface area is 169 Å². The van der Waals surface area contributed by atoms with Crippen LogP contribution in [0.4, 0.5) is 5.69 Å². The third-order valence-corrected chi connectivity index (χ3v) is 4.96. The van der Waals surface area contributed by atoms with Gasteiger partial charge in [0.2, 0.25) is 5.91 Å². The molecule has 28 heavy (non-hydrogen) atoms. The summed E-state index contributed by atoms with van der Waals surface area (Å²) in [4.78, 5) is 14.5. The molecule has 4 nitrogen and oxygen atoms in total. The average Bonchev–Trinajstić information content (AvgIpc) is 2.71. The lowest BCUT2D eigenvalue weighted by Gasteiger charge is -2.28. The fourth-order valence-electron chi connectivity index (χ4n) is 3.23. The quantitative estimate of drug-likeness (QED) is 0.568. The van der Waals surface area contributed by atoms with Crippen molar-refractivity contribution in [3.8, 4) is 0 Å². The first-order valence-electron chi connectivity index (χ1n) is 10.4. The van der Waals surface area contributed by atoms with Gasteiger partial charge in [-0.2, -0.15) is 0 Å². The van der Waals surface area contributed by atoms with Crippen LogP contribution in [0.1, 0.15) is 44.7 Å². The predicted molar refractivity (Wildman–Crippen MR) is 116 cm³/mol. The van der Waals surface area contributed by atoms with Gasteiger partial charge in [0.05, 0.1) is 6.61 Å². The normalized spacial score (nSPS) is 12.1. The Hall–Kier alpha value is -2.17. The van der Waals surface area contributed by atoms with Gasteiger partial charge in [-0.25, -0.2) is 0 Å². The van der Waals surface area contributed by atoms with Crippen LogP contribution in [0, 0.1) is 0 Å². The third kappa shape index (κ3) is 7.83. The standard InChI is InChI=1S/C24H34N2O2/c1-4-15-26(20(3)5-2)16-14-21-10-9-11-22(17-21)18-28-19-24(27)25-23-12-7-6-8-13-23/h6-13,17,20H,4-5,14-16,18-19H2,1-3H3,(H,25,27). The largest absolute Gasteiger partial charge is 0.367 e. The molecule has 0 aliphatic rings. The molecule has 1 amide bonds. The van der Waals surface area contributed by atoms with Crippen LogP contribution in [0.2, 0.25) is 0 Å². The maximum atomic E-state index is 12.0. The summed E-state index contributed by atoms with van der Waals surface area (Å²) >= 11 is 0. The van der Waals surface area contributed by atoms with Crippen molar-refractivity contribution < 1.29 is 9.53 Å². The molecule has 2 rings (SSSR count). The van der Waals surface area contributed by atoms with Gasteiger partial charge >= 0.3 is 0 Å². The molecule has 0 heterocycles. The predicted octanol–water partition coefficient (Wildman–Crippen LogP) is 4.89. The minimum atomic E-state index is -0.133. The van der Waals surface area contributed by atoms with E-state index in [1.165, 1.54) is 18.4 Å². The summed E-state index contributed by atoms with van der Waals surface area (Å²) in [5, 5.41) is 2.83. The van der Waals surface area contributed by atoms with Gasteiger partial charge < -0.3 is 15.0 Å². The van der Waals surface area contributed by atoms with Crippen LogP contribution in [0.25, 0.3) is 0 Å².